The fraction of sp³-hybridized carbons (Fsp3) is 1.00. The molecule has 0 atom stereocenters. The Bertz CT molecular complexity index is 210. The Morgan fingerprint density at radius 1 is 0.571 bits per heavy atom. The standard InChI is InChI=1S/C16H30F3.BrH.Mg/c1-2-3-4-5-6-7-8-9-10-11-12-13-14-15-16(17,18)19;;/h1-15H2;1H;/q;;+1/p-1. The second kappa shape index (κ2) is 15.9. The van der Waals surface area contributed by atoms with E-state index >= 15 is 0 Å². The normalized spacial score (nSPS) is 11.6. The summed E-state index contributed by atoms with van der Waals surface area (Å²) in [5.41, 5.74) is 0. The van der Waals surface area contributed by atoms with Gasteiger partial charge in [0.15, 0.2) is 0 Å². The van der Waals surface area contributed by atoms with Gasteiger partial charge in [0.25, 0.3) is 0 Å². The molecule has 124 valence electrons. The van der Waals surface area contributed by atoms with Crippen molar-refractivity contribution in [2.45, 2.75) is 101 Å². The molecule has 0 amide bonds. The van der Waals surface area contributed by atoms with Gasteiger partial charge in [-0.25, -0.2) is 0 Å². The highest BCUT2D eigenvalue weighted by Gasteiger charge is 2.25. The van der Waals surface area contributed by atoms with Crippen LogP contribution in [0.5, 0.6) is 0 Å². The topological polar surface area (TPSA) is 0 Å². The lowest BCUT2D eigenvalue weighted by Crippen LogP contribution is -2.06. The third kappa shape index (κ3) is 21.0. The van der Waals surface area contributed by atoms with Crippen molar-refractivity contribution in [3.05, 3.63) is 0 Å². The average Bonchev–Trinajstić information content (AvgIpc) is 2.42. The van der Waals surface area contributed by atoms with Gasteiger partial charge in [0, 0.05) is 6.42 Å². The second-order valence-electron chi connectivity index (χ2n) is 6.00. The van der Waals surface area contributed by atoms with Crippen molar-refractivity contribution in [3.63, 3.8) is 0 Å². The molecule has 0 nitrogen and oxygen atoms in total. The SMILES string of the molecule is FC(F)(F)CCCCCCCCCCCCCC[CH2][Mg][Br]. The van der Waals surface area contributed by atoms with E-state index in [1.807, 2.05) is 0 Å². The molecule has 0 fully saturated rings. The van der Waals surface area contributed by atoms with Crippen LogP contribution in [0.2, 0.25) is 4.55 Å². The maximum absolute atomic E-state index is 11.9. The van der Waals surface area contributed by atoms with Gasteiger partial charge in [-0.05, 0) is 6.42 Å². The molecule has 0 heterocycles. The fourth-order valence-corrected chi connectivity index (χ4v) is 4.27. The third-order valence-electron chi connectivity index (χ3n) is 3.84. The number of alkyl halides is 3. The number of hydrogen-bond donors (Lipinski definition) is 0. The first kappa shape index (κ1) is 22.0. The molecule has 5 heteroatoms. The highest BCUT2D eigenvalue weighted by atomic mass is 79.9. The van der Waals surface area contributed by atoms with E-state index in [4.69, 9.17) is 0 Å². The minimum Gasteiger partial charge on any atom is -0.307 e. The molecular formula is C16H30BrF3Mg. The first-order valence-electron chi connectivity index (χ1n) is 8.69. The number of unbranched alkanes of at least 4 members (excludes halogenated alkanes) is 12. The first-order valence-corrected chi connectivity index (χ1v) is 13.6. The Kier molecular flexibility index (Phi) is 16.7. The van der Waals surface area contributed by atoms with Gasteiger partial charge in [-0.15, -0.1) is 4.55 Å². The van der Waals surface area contributed by atoms with Crippen LogP contribution in [0.1, 0.15) is 89.9 Å². The van der Waals surface area contributed by atoms with Crippen LogP contribution in [0.4, 0.5) is 13.2 Å². The van der Waals surface area contributed by atoms with Gasteiger partial charge in [-0.3, -0.25) is 0 Å². The van der Waals surface area contributed by atoms with Crippen molar-refractivity contribution in [1.82, 2.24) is 0 Å². The van der Waals surface area contributed by atoms with Gasteiger partial charge < -0.3 is 12.9 Å². The third-order valence-corrected chi connectivity index (χ3v) is 6.29. The molecule has 0 saturated carbocycles. The van der Waals surface area contributed by atoms with Crippen molar-refractivity contribution in [2.75, 3.05) is 0 Å². The Balaban J connectivity index is 3.00. The molecule has 0 unspecified atom stereocenters. The van der Waals surface area contributed by atoms with Gasteiger partial charge in [0.2, 0.25) is 0 Å². The summed E-state index contributed by atoms with van der Waals surface area (Å²) in [7, 11) is 0. The van der Waals surface area contributed by atoms with Crippen LogP contribution in [0.15, 0.2) is 0 Å². The molecule has 21 heavy (non-hydrogen) atoms. The van der Waals surface area contributed by atoms with Crippen LogP contribution in [-0.2, 0) is 0 Å². The molecule has 0 aliphatic carbocycles. The second-order valence-corrected chi connectivity index (χ2v) is 9.47. The van der Waals surface area contributed by atoms with Crippen molar-refractivity contribution < 1.29 is 13.2 Å². The van der Waals surface area contributed by atoms with Crippen molar-refractivity contribution >= 4 is 31.1 Å². The summed E-state index contributed by atoms with van der Waals surface area (Å²) in [6.07, 6.45) is 10.6. The van der Waals surface area contributed by atoms with Crippen molar-refractivity contribution in [2.24, 2.45) is 0 Å². The fourth-order valence-electron chi connectivity index (χ4n) is 2.54. The Morgan fingerprint density at radius 2 is 0.905 bits per heavy atom. The molecule has 0 aromatic heterocycles. The predicted molar refractivity (Wildman–Crippen MR) is 90.2 cm³/mol. The molecule has 0 aromatic rings. The molecule has 0 aromatic carbocycles. The monoisotopic (exact) mass is 382 g/mol. The molecule has 0 aliphatic heterocycles. The minimum absolute atomic E-state index is 0.102. The quantitative estimate of drug-likeness (QED) is 0.203. The van der Waals surface area contributed by atoms with E-state index < -0.39 is 12.6 Å². The summed E-state index contributed by atoms with van der Waals surface area (Å²) in [6, 6.07) is 0. The summed E-state index contributed by atoms with van der Waals surface area (Å²) in [6.45, 7) is 0. The smallest absolute Gasteiger partial charge is 0.307 e. The molecule has 0 bridgehead atoms. The van der Waals surface area contributed by atoms with Crippen LogP contribution in [0.3, 0.4) is 0 Å². The lowest BCUT2D eigenvalue weighted by atomic mass is 10.0. The highest BCUT2D eigenvalue weighted by molar-refractivity contribution is 9.23. The summed E-state index contributed by atoms with van der Waals surface area (Å²) >= 11 is 3.69. The molecule has 0 rings (SSSR count). The van der Waals surface area contributed by atoms with Gasteiger partial charge >= 0.3 is 24.4 Å². The highest BCUT2D eigenvalue weighted by Crippen LogP contribution is 2.23. The lowest BCUT2D eigenvalue weighted by Gasteiger charge is -2.05. The maximum atomic E-state index is 11.9. The maximum Gasteiger partial charge on any atom is 0.468 e. The Morgan fingerprint density at radius 3 is 1.24 bits per heavy atom. The van der Waals surface area contributed by atoms with Crippen LogP contribution in [0, 0.1) is 0 Å². The summed E-state index contributed by atoms with van der Waals surface area (Å²) in [5, 5.41) is 0. The van der Waals surface area contributed by atoms with Crippen LogP contribution < -0.4 is 0 Å². The molecular weight excluding hydrogens is 353 g/mol. The zero-order chi connectivity index (χ0) is 15.8. The average molecular weight is 384 g/mol. The van der Waals surface area contributed by atoms with Gasteiger partial charge in [0.1, 0.15) is 0 Å². The number of halogens is 4. The summed E-state index contributed by atoms with van der Waals surface area (Å²) < 4.78 is 37.2. The predicted octanol–water partition coefficient (Wildman–Crippen LogP) is 7.44. The summed E-state index contributed by atoms with van der Waals surface area (Å²) in [5.74, 6) is 0. The van der Waals surface area contributed by atoms with E-state index in [1.165, 1.54) is 62.3 Å². The van der Waals surface area contributed by atoms with Crippen LogP contribution in [0.25, 0.3) is 0 Å². The zero-order valence-corrected chi connectivity index (χ0v) is 16.3. The van der Waals surface area contributed by atoms with E-state index in [2.05, 4.69) is 12.9 Å². The molecule has 0 N–H and O–H groups in total. The lowest BCUT2D eigenvalue weighted by molar-refractivity contribution is -0.135. The Hall–Kier alpha value is 1.04. The minimum atomic E-state index is -3.96. The molecule has 0 radical (unpaired) electrons. The van der Waals surface area contributed by atoms with E-state index in [0.29, 0.717) is 6.42 Å². The van der Waals surface area contributed by atoms with Gasteiger partial charge in [0.05, 0.1) is 0 Å². The largest absolute Gasteiger partial charge is 0.468 e. The molecule has 0 saturated heterocycles. The summed E-state index contributed by atoms with van der Waals surface area (Å²) in [4.78, 5) is 0. The van der Waals surface area contributed by atoms with Gasteiger partial charge in [-0.1, -0.05) is 77.0 Å². The van der Waals surface area contributed by atoms with Crippen molar-refractivity contribution in [3.8, 4) is 0 Å². The van der Waals surface area contributed by atoms with Crippen LogP contribution >= 0.6 is 12.9 Å². The Labute approximate surface area is 144 Å². The van der Waals surface area contributed by atoms with E-state index in [1.54, 1.807) is 0 Å². The molecule has 0 spiro atoms. The van der Waals surface area contributed by atoms with Gasteiger partial charge in [-0.2, -0.15) is 13.2 Å². The first-order chi connectivity index (χ1) is 10.1. The van der Waals surface area contributed by atoms with Crippen LogP contribution in [-0.4, -0.2) is 24.4 Å². The van der Waals surface area contributed by atoms with E-state index in [-0.39, 0.29) is 18.2 Å². The zero-order valence-electron chi connectivity index (χ0n) is 13.3. The number of hydrogen-bond acceptors (Lipinski definition) is 0. The van der Waals surface area contributed by atoms with E-state index in [9.17, 15) is 13.2 Å². The number of rotatable bonds is 15. The van der Waals surface area contributed by atoms with E-state index in [0.717, 1.165) is 19.3 Å². The molecule has 0 aliphatic rings. The van der Waals surface area contributed by atoms with Crippen molar-refractivity contribution in [1.29, 1.82) is 0 Å².